The molecule has 1 fully saturated rings. The Morgan fingerprint density at radius 2 is 1.89 bits per heavy atom. The lowest BCUT2D eigenvalue weighted by atomic mass is 9.93. The molecule has 0 bridgehead atoms. The van der Waals surface area contributed by atoms with Crippen molar-refractivity contribution >= 4 is 0 Å². The van der Waals surface area contributed by atoms with E-state index in [0.29, 0.717) is 13.2 Å². The summed E-state index contributed by atoms with van der Waals surface area (Å²) in [6.07, 6.45) is 0. The molecule has 0 aromatic heterocycles. The Hall–Kier alpha value is -0.900. The average Bonchev–Trinajstić information content (AvgIpc) is 2.35. The first-order chi connectivity index (χ1) is 8.45. The van der Waals surface area contributed by atoms with E-state index in [9.17, 15) is 0 Å². The smallest absolute Gasteiger partial charge is 0.0754 e. The van der Waals surface area contributed by atoms with Gasteiger partial charge >= 0.3 is 0 Å². The summed E-state index contributed by atoms with van der Waals surface area (Å²) in [5.74, 6) is 0. The fourth-order valence-electron chi connectivity index (χ4n) is 2.38. The highest BCUT2D eigenvalue weighted by atomic mass is 16.5. The molecule has 18 heavy (non-hydrogen) atoms. The Labute approximate surface area is 110 Å². The molecule has 3 heteroatoms. The molecule has 100 valence electrons. The summed E-state index contributed by atoms with van der Waals surface area (Å²) in [5, 5.41) is 0. The van der Waals surface area contributed by atoms with Crippen LogP contribution in [0.1, 0.15) is 26.3 Å². The second-order valence-corrected chi connectivity index (χ2v) is 6.09. The molecular weight excluding hydrogens is 224 g/mol. The van der Waals surface area contributed by atoms with E-state index in [1.54, 1.807) is 0 Å². The Bertz CT molecular complexity index is 391. The van der Waals surface area contributed by atoms with E-state index >= 15 is 0 Å². The maximum absolute atomic E-state index is 5.95. The van der Waals surface area contributed by atoms with Crippen LogP contribution < -0.4 is 5.73 Å². The Kier molecular flexibility index (Phi) is 3.76. The van der Waals surface area contributed by atoms with Gasteiger partial charge in [-0.3, -0.25) is 4.90 Å². The van der Waals surface area contributed by atoms with Gasteiger partial charge in [-0.25, -0.2) is 0 Å². The fraction of sp³-hybridized carbons (Fsp3) is 0.600. The summed E-state index contributed by atoms with van der Waals surface area (Å²) < 4.78 is 5.92. The van der Waals surface area contributed by atoms with Crippen LogP contribution in [-0.4, -0.2) is 35.7 Å². The van der Waals surface area contributed by atoms with Gasteiger partial charge in [-0.15, -0.1) is 0 Å². The first kappa shape index (κ1) is 13.5. The molecule has 2 N–H and O–H groups in total. The van der Waals surface area contributed by atoms with Crippen LogP contribution in [0.3, 0.4) is 0 Å². The summed E-state index contributed by atoms with van der Waals surface area (Å²) in [6, 6.07) is 10.6. The Morgan fingerprint density at radius 3 is 2.50 bits per heavy atom. The minimum atomic E-state index is -0.0938. The normalized spacial score (nSPS) is 28.2. The van der Waals surface area contributed by atoms with E-state index in [2.05, 4.69) is 56.0 Å². The van der Waals surface area contributed by atoms with Gasteiger partial charge < -0.3 is 10.5 Å². The van der Waals surface area contributed by atoms with Gasteiger partial charge in [-0.2, -0.15) is 0 Å². The van der Waals surface area contributed by atoms with Crippen LogP contribution in [-0.2, 0) is 11.3 Å². The predicted octanol–water partition coefficient (Wildman–Crippen LogP) is 2.01. The van der Waals surface area contributed by atoms with Gasteiger partial charge in [-0.1, -0.05) is 30.3 Å². The van der Waals surface area contributed by atoms with Crippen molar-refractivity contribution in [2.45, 2.75) is 38.5 Å². The second kappa shape index (κ2) is 5.00. The number of nitrogens with two attached hydrogens (primary N) is 1. The molecular formula is C15H24N2O. The van der Waals surface area contributed by atoms with E-state index in [1.807, 2.05) is 0 Å². The minimum absolute atomic E-state index is 0.0641. The van der Waals surface area contributed by atoms with Crippen molar-refractivity contribution in [1.29, 1.82) is 0 Å². The molecule has 1 heterocycles. The molecule has 1 aliphatic rings. The van der Waals surface area contributed by atoms with Crippen LogP contribution >= 0.6 is 0 Å². The topological polar surface area (TPSA) is 38.5 Å². The van der Waals surface area contributed by atoms with Gasteiger partial charge in [0.1, 0.15) is 0 Å². The van der Waals surface area contributed by atoms with Gasteiger partial charge in [-0.05, 0) is 26.3 Å². The molecule has 1 saturated heterocycles. The number of benzene rings is 1. The van der Waals surface area contributed by atoms with Crippen LogP contribution in [0.2, 0.25) is 0 Å². The molecule has 0 amide bonds. The molecule has 0 radical (unpaired) electrons. The van der Waals surface area contributed by atoms with E-state index in [1.165, 1.54) is 5.56 Å². The second-order valence-electron chi connectivity index (χ2n) is 6.09. The van der Waals surface area contributed by atoms with Crippen LogP contribution in [0.4, 0.5) is 0 Å². The van der Waals surface area contributed by atoms with E-state index in [-0.39, 0.29) is 11.1 Å². The molecule has 1 aromatic rings. The molecule has 1 atom stereocenters. The highest BCUT2D eigenvalue weighted by Gasteiger charge is 2.40. The first-order valence-corrected chi connectivity index (χ1v) is 6.58. The summed E-state index contributed by atoms with van der Waals surface area (Å²) >= 11 is 0. The van der Waals surface area contributed by atoms with Crippen molar-refractivity contribution in [3.8, 4) is 0 Å². The van der Waals surface area contributed by atoms with E-state index < -0.39 is 0 Å². The van der Waals surface area contributed by atoms with Crippen molar-refractivity contribution in [2.24, 2.45) is 5.73 Å². The van der Waals surface area contributed by atoms with Crippen LogP contribution in [0.25, 0.3) is 0 Å². The van der Waals surface area contributed by atoms with Crippen molar-refractivity contribution in [3.05, 3.63) is 35.9 Å². The summed E-state index contributed by atoms with van der Waals surface area (Å²) in [4.78, 5) is 2.45. The lowest BCUT2D eigenvalue weighted by Crippen LogP contribution is -2.63. The summed E-state index contributed by atoms with van der Waals surface area (Å²) in [6.45, 7) is 9.63. The zero-order valence-corrected chi connectivity index (χ0v) is 11.6. The van der Waals surface area contributed by atoms with E-state index in [4.69, 9.17) is 10.5 Å². The van der Waals surface area contributed by atoms with Gasteiger partial charge in [0.15, 0.2) is 0 Å². The fourth-order valence-corrected chi connectivity index (χ4v) is 2.38. The number of hydrogen-bond acceptors (Lipinski definition) is 3. The lowest BCUT2D eigenvalue weighted by Gasteiger charge is -2.50. The molecule has 0 saturated carbocycles. The van der Waals surface area contributed by atoms with Crippen LogP contribution in [0.15, 0.2) is 30.3 Å². The highest BCUT2D eigenvalue weighted by Crippen LogP contribution is 2.28. The lowest BCUT2D eigenvalue weighted by molar-refractivity contribution is -0.148. The monoisotopic (exact) mass is 248 g/mol. The maximum Gasteiger partial charge on any atom is 0.0754 e. The molecule has 1 aromatic carbocycles. The Balaban J connectivity index is 2.16. The van der Waals surface area contributed by atoms with Gasteiger partial charge in [0.05, 0.1) is 17.7 Å². The molecule has 1 aliphatic heterocycles. The molecule has 3 nitrogen and oxygen atoms in total. The zero-order valence-electron chi connectivity index (χ0n) is 11.6. The molecule has 1 unspecified atom stereocenters. The number of ether oxygens (including phenoxy) is 1. The molecule has 0 aliphatic carbocycles. The maximum atomic E-state index is 5.95. The molecule has 0 spiro atoms. The van der Waals surface area contributed by atoms with E-state index in [0.717, 1.165) is 13.1 Å². The van der Waals surface area contributed by atoms with Gasteiger partial charge in [0.25, 0.3) is 0 Å². The quantitative estimate of drug-likeness (QED) is 0.889. The third-order valence-electron chi connectivity index (χ3n) is 3.76. The minimum Gasteiger partial charge on any atom is -0.372 e. The van der Waals surface area contributed by atoms with Crippen molar-refractivity contribution in [2.75, 3.05) is 19.7 Å². The standard InChI is InChI=1S/C15H24N2O/c1-14(2)11-17(15(3,10-16)12-18-14)9-13-7-5-4-6-8-13/h4-8H,9-12,16H2,1-3H3. The van der Waals surface area contributed by atoms with Gasteiger partial charge in [0.2, 0.25) is 0 Å². The van der Waals surface area contributed by atoms with Crippen molar-refractivity contribution in [1.82, 2.24) is 4.90 Å². The first-order valence-electron chi connectivity index (χ1n) is 6.58. The number of hydrogen-bond donors (Lipinski definition) is 1. The van der Waals surface area contributed by atoms with Gasteiger partial charge in [0, 0.05) is 19.6 Å². The van der Waals surface area contributed by atoms with Crippen LogP contribution in [0, 0.1) is 0 Å². The highest BCUT2D eigenvalue weighted by molar-refractivity contribution is 5.15. The Morgan fingerprint density at radius 1 is 1.22 bits per heavy atom. The predicted molar refractivity (Wildman–Crippen MR) is 74.3 cm³/mol. The third-order valence-corrected chi connectivity index (χ3v) is 3.76. The molecule has 2 rings (SSSR count). The third kappa shape index (κ3) is 2.91. The summed E-state index contributed by atoms with van der Waals surface area (Å²) in [5.41, 5.74) is 7.12. The zero-order chi connectivity index (χ0) is 13.2. The summed E-state index contributed by atoms with van der Waals surface area (Å²) in [7, 11) is 0. The number of morpholine rings is 1. The average molecular weight is 248 g/mol. The number of rotatable bonds is 3. The SMILES string of the molecule is CC1(C)CN(Cc2ccccc2)C(C)(CN)CO1. The van der Waals surface area contributed by atoms with Crippen molar-refractivity contribution in [3.63, 3.8) is 0 Å². The van der Waals surface area contributed by atoms with Crippen molar-refractivity contribution < 1.29 is 4.74 Å². The largest absolute Gasteiger partial charge is 0.372 e. The number of nitrogens with zero attached hydrogens (tertiary/aromatic N) is 1. The van der Waals surface area contributed by atoms with Crippen LogP contribution in [0.5, 0.6) is 0 Å².